The fourth-order valence-electron chi connectivity index (χ4n) is 9.16. The summed E-state index contributed by atoms with van der Waals surface area (Å²) in [6.45, 7) is 19.5. The normalized spacial score (nSPS) is 40.5. The van der Waals surface area contributed by atoms with E-state index in [4.69, 9.17) is 4.74 Å². The lowest BCUT2D eigenvalue weighted by Gasteiger charge is -2.55. The molecular formula is C29H53N3O. The van der Waals surface area contributed by atoms with Crippen LogP contribution in [0.25, 0.3) is 0 Å². The third-order valence-electron chi connectivity index (χ3n) is 10.7. The van der Waals surface area contributed by atoms with E-state index in [1.165, 1.54) is 90.4 Å². The highest BCUT2D eigenvalue weighted by molar-refractivity contribution is 5.06. The van der Waals surface area contributed by atoms with Gasteiger partial charge in [0.05, 0.1) is 6.61 Å². The van der Waals surface area contributed by atoms with E-state index in [-0.39, 0.29) is 0 Å². The van der Waals surface area contributed by atoms with Crippen LogP contribution in [-0.4, -0.2) is 83.8 Å². The minimum absolute atomic E-state index is 0.369. The second-order valence-electron chi connectivity index (χ2n) is 13.5. The first kappa shape index (κ1) is 24.5. The van der Waals surface area contributed by atoms with Gasteiger partial charge >= 0.3 is 0 Å². The topological polar surface area (TPSA) is 19.0 Å². The molecule has 0 aromatic rings. The highest BCUT2D eigenvalue weighted by Gasteiger charge is 2.52. The summed E-state index contributed by atoms with van der Waals surface area (Å²) < 4.78 is 5.91. The van der Waals surface area contributed by atoms with Crippen molar-refractivity contribution in [3.63, 3.8) is 0 Å². The van der Waals surface area contributed by atoms with Crippen LogP contribution in [0.5, 0.6) is 0 Å². The molecule has 0 N–H and O–H groups in total. The standard InChI is InChI=1S/C29H53N3O/c1-22(2)31-13-6-10-28(20-31)18-25(19-28)17-24(5)30-14-8-26(9-15-30)27-7-11-29(12-16-33-21-29)32(27)23(3)4/h22-27H,6-21H2,1-5H3. The Labute approximate surface area is 204 Å². The van der Waals surface area contributed by atoms with Crippen molar-refractivity contribution in [1.82, 2.24) is 14.7 Å². The maximum absolute atomic E-state index is 5.91. The summed E-state index contributed by atoms with van der Waals surface area (Å²) in [6, 6.07) is 2.95. The van der Waals surface area contributed by atoms with Gasteiger partial charge in [-0.05, 0) is 136 Å². The summed E-state index contributed by atoms with van der Waals surface area (Å²) in [6.07, 6.45) is 14.2. The number of piperidine rings is 2. The fourth-order valence-corrected chi connectivity index (χ4v) is 9.16. The first-order valence-corrected chi connectivity index (χ1v) is 14.7. The quantitative estimate of drug-likeness (QED) is 0.529. The molecule has 0 radical (unpaired) electrons. The first-order chi connectivity index (χ1) is 15.8. The summed E-state index contributed by atoms with van der Waals surface area (Å²) >= 11 is 0. The van der Waals surface area contributed by atoms with Crippen LogP contribution in [0.3, 0.4) is 0 Å². The van der Waals surface area contributed by atoms with Gasteiger partial charge in [0.1, 0.15) is 0 Å². The smallest absolute Gasteiger partial charge is 0.0651 e. The summed E-state index contributed by atoms with van der Waals surface area (Å²) in [5.74, 6) is 1.88. The fraction of sp³-hybridized carbons (Fsp3) is 1.00. The van der Waals surface area contributed by atoms with Crippen molar-refractivity contribution in [1.29, 1.82) is 0 Å². The largest absolute Gasteiger partial charge is 0.379 e. The molecule has 4 saturated heterocycles. The first-order valence-electron chi connectivity index (χ1n) is 14.7. The van der Waals surface area contributed by atoms with Gasteiger partial charge in [0.15, 0.2) is 0 Å². The Morgan fingerprint density at radius 3 is 2.24 bits per heavy atom. The lowest BCUT2D eigenvalue weighted by atomic mass is 9.57. The van der Waals surface area contributed by atoms with Crippen LogP contribution in [0.15, 0.2) is 0 Å². The predicted molar refractivity (Wildman–Crippen MR) is 138 cm³/mol. The molecule has 190 valence electrons. The number of likely N-dealkylation sites (tertiary alicyclic amines) is 3. The van der Waals surface area contributed by atoms with Crippen molar-refractivity contribution in [2.75, 3.05) is 39.4 Å². The van der Waals surface area contributed by atoms with Crippen molar-refractivity contribution >= 4 is 0 Å². The van der Waals surface area contributed by atoms with Crippen molar-refractivity contribution < 1.29 is 4.74 Å². The maximum Gasteiger partial charge on any atom is 0.0651 e. The molecular weight excluding hydrogens is 406 g/mol. The third-order valence-corrected chi connectivity index (χ3v) is 10.7. The summed E-state index contributed by atoms with van der Waals surface area (Å²) in [5, 5.41) is 0. The van der Waals surface area contributed by atoms with Gasteiger partial charge in [-0.1, -0.05) is 0 Å². The molecule has 1 saturated carbocycles. The molecule has 4 heterocycles. The lowest BCUT2D eigenvalue weighted by Crippen LogP contribution is -2.55. The highest BCUT2D eigenvalue weighted by atomic mass is 16.5. The molecule has 1 aliphatic carbocycles. The molecule has 0 bridgehead atoms. The number of ether oxygens (including phenoxy) is 1. The van der Waals surface area contributed by atoms with Crippen LogP contribution in [0.4, 0.5) is 0 Å². The molecule has 4 aliphatic heterocycles. The second-order valence-corrected chi connectivity index (χ2v) is 13.5. The average molecular weight is 460 g/mol. The van der Waals surface area contributed by atoms with Crippen molar-refractivity contribution in [2.24, 2.45) is 17.3 Å². The molecule has 5 rings (SSSR count). The summed E-state index contributed by atoms with van der Waals surface area (Å²) in [5.41, 5.74) is 1.05. The molecule has 0 aromatic carbocycles. The van der Waals surface area contributed by atoms with Crippen molar-refractivity contribution in [3.8, 4) is 0 Å². The number of nitrogens with zero attached hydrogens (tertiary/aromatic N) is 3. The summed E-state index contributed by atoms with van der Waals surface area (Å²) in [7, 11) is 0. The minimum atomic E-state index is 0.369. The van der Waals surface area contributed by atoms with E-state index in [1.807, 2.05) is 0 Å². The Kier molecular flexibility index (Phi) is 7.22. The zero-order chi connectivity index (χ0) is 23.2. The van der Waals surface area contributed by atoms with Gasteiger partial charge in [0, 0.05) is 42.9 Å². The van der Waals surface area contributed by atoms with E-state index >= 15 is 0 Å². The Balaban J connectivity index is 1.09. The third kappa shape index (κ3) is 4.80. The SMILES string of the molecule is CC(C)N1CCCC2(CC(CC(C)N3CCC(C4CCC5(CCOC5)N4C(C)C)CC3)C2)C1. The molecule has 5 fully saturated rings. The van der Waals surface area contributed by atoms with E-state index in [1.54, 1.807) is 0 Å². The van der Waals surface area contributed by atoms with Crippen LogP contribution in [0.2, 0.25) is 0 Å². The van der Waals surface area contributed by atoms with E-state index in [9.17, 15) is 0 Å². The van der Waals surface area contributed by atoms with Crippen LogP contribution in [0, 0.1) is 17.3 Å². The molecule has 3 atom stereocenters. The average Bonchev–Trinajstić information content (AvgIpc) is 3.40. The van der Waals surface area contributed by atoms with Crippen LogP contribution < -0.4 is 0 Å². The molecule has 4 heteroatoms. The van der Waals surface area contributed by atoms with Gasteiger partial charge in [-0.25, -0.2) is 0 Å². The van der Waals surface area contributed by atoms with Crippen molar-refractivity contribution in [2.45, 2.75) is 129 Å². The Hall–Kier alpha value is -0.160. The zero-order valence-corrected chi connectivity index (χ0v) is 22.5. The van der Waals surface area contributed by atoms with E-state index in [0.29, 0.717) is 17.0 Å². The maximum atomic E-state index is 5.91. The van der Waals surface area contributed by atoms with Crippen LogP contribution in [-0.2, 0) is 4.74 Å². The molecule has 33 heavy (non-hydrogen) atoms. The van der Waals surface area contributed by atoms with E-state index in [2.05, 4.69) is 49.3 Å². The van der Waals surface area contributed by atoms with Crippen LogP contribution in [0.1, 0.15) is 98.8 Å². The molecule has 0 aromatic heterocycles. The molecule has 4 nitrogen and oxygen atoms in total. The zero-order valence-electron chi connectivity index (χ0n) is 22.5. The number of hydrogen-bond donors (Lipinski definition) is 0. The van der Waals surface area contributed by atoms with E-state index < -0.39 is 0 Å². The number of rotatable bonds is 6. The molecule has 5 aliphatic rings. The van der Waals surface area contributed by atoms with Gasteiger partial charge in [-0.15, -0.1) is 0 Å². The lowest BCUT2D eigenvalue weighted by molar-refractivity contribution is -0.0452. The van der Waals surface area contributed by atoms with Gasteiger partial charge in [0.2, 0.25) is 0 Å². The minimum Gasteiger partial charge on any atom is -0.379 e. The Morgan fingerprint density at radius 1 is 0.848 bits per heavy atom. The predicted octanol–water partition coefficient (Wildman–Crippen LogP) is 5.41. The van der Waals surface area contributed by atoms with Gasteiger partial charge < -0.3 is 14.5 Å². The summed E-state index contributed by atoms with van der Waals surface area (Å²) in [4.78, 5) is 8.52. The Morgan fingerprint density at radius 2 is 1.61 bits per heavy atom. The molecule has 0 amide bonds. The van der Waals surface area contributed by atoms with Gasteiger partial charge in [-0.3, -0.25) is 4.90 Å². The van der Waals surface area contributed by atoms with Gasteiger partial charge in [-0.2, -0.15) is 0 Å². The van der Waals surface area contributed by atoms with Gasteiger partial charge in [0.25, 0.3) is 0 Å². The second kappa shape index (κ2) is 9.71. The molecule has 2 spiro atoms. The monoisotopic (exact) mass is 459 g/mol. The molecule has 3 unspecified atom stereocenters. The Bertz CT molecular complexity index is 643. The van der Waals surface area contributed by atoms with E-state index in [0.717, 1.165) is 43.2 Å². The van der Waals surface area contributed by atoms with Crippen molar-refractivity contribution in [3.05, 3.63) is 0 Å². The highest BCUT2D eigenvalue weighted by Crippen LogP contribution is 2.53. The van der Waals surface area contributed by atoms with Crippen LogP contribution >= 0.6 is 0 Å². The number of hydrogen-bond acceptors (Lipinski definition) is 4.